The number of rotatable bonds is 6. The minimum absolute atomic E-state index is 0.374. The van der Waals surface area contributed by atoms with E-state index in [1.54, 1.807) is 17.4 Å². The van der Waals surface area contributed by atoms with Crippen LogP contribution >= 0.6 is 11.3 Å². The highest BCUT2D eigenvalue weighted by Crippen LogP contribution is 2.27. The summed E-state index contributed by atoms with van der Waals surface area (Å²) >= 11 is 1.63. The molecule has 1 heterocycles. The fourth-order valence-electron chi connectivity index (χ4n) is 2.66. The quantitative estimate of drug-likeness (QED) is 0.578. The maximum Gasteiger partial charge on any atom is 0.414 e. The Morgan fingerprint density at radius 1 is 1.31 bits per heavy atom. The van der Waals surface area contributed by atoms with E-state index in [4.69, 9.17) is 9.47 Å². The molecule has 2 aromatic carbocycles. The second kappa shape index (κ2) is 8.01. The third-order valence-electron chi connectivity index (χ3n) is 3.87. The highest BCUT2D eigenvalue weighted by atomic mass is 32.1. The molecule has 0 aliphatic carbocycles. The normalized spacial score (nSPS) is 10.5. The van der Waals surface area contributed by atoms with Crippen molar-refractivity contribution in [3.63, 3.8) is 0 Å². The first-order valence-corrected chi connectivity index (χ1v) is 8.98. The number of fused-ring (bicyclic) bond motifs is 1. The predicted octanol–water partition coefficient (Wildman–Crippen LogP) is 4.94. The first-order valence-electron chi connectivity index (χ1n) is 8.16. The molecular weight excluding hydrogens is 348 g/mol. The van der Waals surface area contributed by atoms with Crippen LogP contribution in [0.1, 0.15) is 10.6 Å². The van der Waals surface area contributed by atoms with Gasteiger partial charge in [0.15, 0.2) is 0 Å². The first-order chi connectivity index (χ1) is 12.6. The summed E-state index contributed by atoms with van der Waals surface area (Å²) in [6.07, 6.45) is 1.24. The van der Waals surface area contributed by atoms with Crippen LogP contribution in [-0.2, 0) is 11.3 Å². The molecule has 0 bridgehead atoms. The summed E-state index contributed by atoms with van der Waals surface area (Å²) in [6.45, 7) is 6.40. The Morgan fingerprint density at radius 2 is 2.12 bits per heavy atom. The van der Waals surface area contributed by atoms with Crippen molar-refractivity contribution in [2.45, 2.75) is 13.5 Å². The number of para-hydroxylation sites is 1. The second-order valence-electron chi connectivity index (χ2n) is 5.68. The lowest BCUT2D eigenvalue weighted by molar-refractivity contribution is 0.179. The summed E-state index contributed by atoms with van der Waals surface area (Å²) < 4.78 is 11.9. The highest BCUT2D eigenvalue weighted by molar-refractivity contribution is 7.18. The zero-order valence-electron chi connectivity index (χ0n) is 14.8. The van der Waals surface area contributed by atoms with Gasteiger partial charge in [0.2, 0.25) is 0 Å². The Balaban J connectivity index is 1.74. The largest absolute Gasteiger partial charge is 0.486 e. The number of methoxy groups -OCH3 is 1. The van der Waals surface area contributed by atoms with Gasteiger partial charge in [0.25, 0.3) is 0 Å². The van der Waals surface area contributed by atoms with Gasteiger partial charge in [-0.05, 0) is 42.8 Å². The Bertz CT molecular complexity index is 903. The van der Waals surface area contributed by atoms with Gasteiger partial charge in [0.1, 0.15) is 17.4 Å². The standard InChI is InChI=1S/C20H20N2O3S/c1-4-11-22(20(23)24-3)17-10-9-15(12-14(17)2)25-13-19-21-16-7-5-6-8-18(16)26-19/h4-10,12H,1,11,13H2,2-3H3. The maximum atomic E-state index is 12.0. The Labute approximate surface area is 156 Å². The zero-order valence-corrected chi connectivity index (χ0v) is 15.6. The second-order valence-corrected chi connectivity index (χ2v) is 6.80. The SMILES string of the molecule is C=CCN(C(=O)OC)c1ccc(OCc2nc3ccccc3s2)cc1C. The number of thiazole rings is 1. The number of carbonyl (C=O) groups excluding carboxylic acids is 1. The molecule has 1 aromatic heterocycles. The molecular formula is C20H20N2O3S. The Hall–Kier alpha value is -2.86. The van der Waals surface area contributed by atoms with Crippen LogP contribution in [-0.4, -0.2) is 24.7 Å². The predicted molar refractivity (Wildman–Crippen MR) is 105 cm³/mol. The van der Waals surface area contributed by atoms with E-state index in [1.165, 1.54) is 12.0 Å². The maximum absolute atomic E-state index is 12.0. The topological polar surface area (TPSA) is 51.7 Å². The number of anilines is 1. The molecule has 0 aliphatic heterocycles. The number of hydrogen-bond donors (Lipinski definition) is 0. The van der Waals surface area contributed by atoms with Gasteiger partial charge < -0.3 is 9.47 Å². The fourth-order valence-corrected chi connectivity index (χ4v) is 3.54. The zero-order chi connectivity index (χ0) is 18.5. The van der Waals surface area contributed by atoms with Gasteiger partial charge in [-0.1, -0.05) is 18.2 Å². The van der Waals surface area contributed by atoms with Crippen LogP contribution in [0.5, 0.6) is 5.75 Å². The van der Waals surface area contributed by atoms with Crippen LogP contribution in [0.2, 0.25) is 0 Å². The smallest absolute Gasteiger partial charge is 0.414 e. The lowest BCUT2D eigenvalue weighted by Gasteiger charge is -2.22. The summed E-state index contributed by atoms with van der Waals surface area (Å²) in [5.41, 5.74) is 2.67. The molecule has 0 atom stereocenters. The molecule has 3 rings (SSSR count). The van der Waals surface area contributed by atoms with Crippen molar-refractivity contribution < 1.29 is 14.3 Å². The van der Waals surface area contributed by atoms with Crippen molar-refractivity contribution in [1.29, 1.82) is 0 Å². The average molecular weight is 368 g/mol. The van der Waals surface area contributed by atoms with E-state index in [0.717, 1.165) is 32.2 Å². The molecule has 0 radical (unpaired) electrons. The Kier molecular flexibility index (Phi) is 5.53. The van der Waals surface area contributed by atoms with Crippen molar-refractivity contribution in [2.75, 3.05) is 18.6 Å². The third-order valence-corrected chi connectivity index (χ3v) is 4.88. The lowest BCUT2D eigenvalue weighted by Crippen LogP contribution is -2.31. The molecule has 0 saturated heterocycles. The lowest BCUT2D eigenvalue weighted by atomic mass is 10.1. The monoisotopic (exact) mass is 368 g/mol. The number of carbonyl (C=O) groups is 1. The molecule has 0 unspecified atom stereocenters. The van der Waals surface area contributed by atoms with E-state index in [9.17, 15) is 4.79 Å². The minimum Gasteiger partial charge on any atom is -0.486 e. The molecule has 0 fully saturated rings. The van der Waals surface area contributed by atoms with E-state index < -0.39 is 6.09 Å². The Morgan fingerprint density at radius 3 is 2.81 bits per heavy atom. The van der Waals surface area contributed by atoms with Gasteiger partial charge in [0, 0.05) is 6.54 Å². The number of aromatic nitrogens is 1. The van der Waals surface area contributed by atoms with Gasteiger partial charge in [-0.15, -0.1) is 17.9 Å². The van der Waals surface area contributed by atoms with E-state index >= 15 is 0 Å². The van der Waals surface area contributed by atoms with E-state index in [0.29, 0.717) is 13.2 Å². The fraction of sp³-hybridized carbons (Fsp3) is 0.200. The third kappa shape index (κ3) is 3.86. The number of nitrogens with zero attached hydrogens (tertiary/aromatic N) is 2. The number of aryl methyl sites for hydroxylation is 1. The summed E-state index contributed by atoms with van der Waals surface area (Å²) in [5.74, 6) is 0.730. The number of hydrogen-bond acceptors (Lipinski definition) is 5. The van der Waals surface area contributed by atoms with Crippen molar-refractivity contribution in [3.8, 4) is 5.75 Å². The molecule has 134 valence electrons. The molecule has 0 saturated carbocycles. The average Bonchev–Trinajstić information content (AvgIpc) is 3.07. The van der Waals surface area contributed by atoms with E-state index in [1.807, 2.05) is 43.3 Å². The number of benzene rings is 2. The molecule has 0 aliphatic rings. The van der Waals surface area contributed by atoms with Crippen LogP contribution in [0.4, 0.5) is 10.5 Å². The molecule has 3 aromatic rings. The first kappa shape index (κ1) is 17.9. The van der Waals surface area contributed by atoms with Gasteiger partial charge in [-0.25, -0.2) is 9.78 Å². The molecule has 0 N–H and O–H groups in total. The number of amides is 1. The molecule has 0 spiro atoms. The van der Waals surface area contributed by atoms with Crippen molar-refractivity contribution in [3.05, 3.63) is 65.7 Å². The summed E-state index contributed by atoms with van der Waals surface area (Å²) in [4.78, 5) is 18.0. The molecule has 5 nitrogen and oxygen atoms in total. The number of ether oxygens (including phenoxy) is 2. The summed E-state index contributed by atoms with van der Waals surface area (Å²) in [7, 11) is 1.36. The van der Waals surface area contributed by atoms with Crippen molar-refractivity contribution in [1.82, 2.24) is 4.98 Å². The van der Waals surface area contributed by atoms with E-state index in [2.05, 4.69) is 17.6 Å². The van der Waals surface area contributed by atoms with Crippen LogP contribution in [0, 0.1) is 6.92 Å². The molecule has 1 amide bonds. The molecule has 26 heavy (non-hydrogen) atoms. The highest BCUT2D eigenvalue weighted by Gasteiger charge is 2.17. The minimum atomic E-state index is -0.420. The van der Waals surface area contributed by atoms with Gasteiger partial charge in [-0.3, -0.25) is 4.90 Å². The van der Waals surface area contributed by atoms with Gasteiger partial charge >= 0.3 is 6.09 Å². The van der Waals surface area contributed by atoms with Crippen LogP contribution < -0.4 is 9.64 Å². The van der Waals surface area contributed by atoms with Crippen LogP contribution in [0.3, 0.4) is 0 Å². The van der Waals surface area contributed by atoms with Crippen LogP contribution in [0.15, 0.2) is 55.1 Å². The van der Waals surface area contributed by atoms with Crippen molar-refractivity contribution in [2.24, 2.45) is 0 Å². The van der Waals surface area contributed by atoms with Crippen molar-refractivity contribution >= 4 is 33.3 Å². The van der Waals surface area contributed by atoms with Crippen LogP contribution in [0.25, 0.3) is 10.2 Å². The van der Waals surface area contributed by atoms with Gasteiger partial charge in [-0.2, -0.15) is 0 Å². The summed E-state index contributed by atoms with van der Waals surface area (Å²) in [5, 5.41) is 0.927. The van der Waals surface area contributed by atoms with E-state index in [-0.39, 0.29) is 0 Å². The van der Waals surface area contributed by atoms with Gasteiger partial charge in [0.05, 0.1) is 23.0 Å². The molecule has 6 heteroatoms. The summed E-state index contributed by atoms with van der Waals surface area (Å²) in [6, 6.07) is 13.6.